The van der Waals surface area contributed by atoms with E-state index in [4.69, 9.17) is 4.43 Å². The van der Waals surface area contributed by atoms with Gasteiger partial charge in [0.05, 0.1) is 0 Å². The molecule has 0 unspecified atom stereocenters. The molecule has 0 aromatic heterocycles. The summed E-state index contributed by atoms with van der Waals surface area (Å²) in [6.45, 7) is 25.2. The zero-order chi connectivity index (χ0) is 31.3. The topological polar surface area (TPSA) is 29.5 Å². The van der Waals surface area contributed by atoms with E-state index in [0.717, 1.165) is 36.7 Å². The van der Waals surface area contributed by atoms with E-state index in [9.17, 15) is 5.11 Å². The van der Waals surface area contributed by atoms with Gasteiger partial charge >= 0.3 is 0 Å². The summed E-state index contributed by atoms with van der Waals surface area (Å²) in [5.74, 6) is 4.93. The first-order chi connectivity index (χ1) is 19.8. The van der Waals surface area contributed by atoms with Crippen molar-refractivity contribution in [1.29, 1.82) is 0 Å². The van der Waals surface area contributed by atoms with Gasteiger partial charge in [0.1, 0.15) is 0 Å². The molecule has 0 saturated heterocycles. The summed E-state index contributed by atoms with van der Waals surface area (Å²) in [6, 6.07) is 22.1. The van der Waals surface area contributed by atoms with E-state index >= 15 is 0 Å². The van der Waals surface area contributed by atoms with Gasteiger partial charge in [0, 0.05) is 13.2 Å². The predicted molar refractivity (Wildman–Crippen MR) is 187 cm³/mol. The van der Waals surface area contributed by atoms with Crippen LogP contribution in [-0.2, 0) is 4.43 Å². The summed E-state index contributed by atoms with van der Waals surface area (Å²) in [7, 11) is -2.47. The maximum absolute atomic E-state index is 9.21. The van der Waals surface area contributed by atoms with Gasteiger partial charge in [-0.05, 0) is 102 Å². The first-order valence-corrected chi connectivity index (χ1v) is 19.0. The van der Waals surface area contributed by atoms with Gasteiger partial charge in [0.2, 0.25) is 0 Å². The Hall–Kier alpha value is -1.42. The minimum Gasteiger partial charge on any atom is -0.407 e. The van der Waals surface area contributed by atoms with E-state index in [0.29, 0.717) is 24.4 Å². The Labute approximate surface area is 262 Å². The Kier molecular flexibility index (Phi) is 15.6. The fourth-order valence-electron chi connectivity index (χ4n) is 8.04. The highest BCUT2D eigenvalue weighted by molar-refractivity contribution is 6.99. The fraction of sp³-hybridized carbons (Fsp3) is 0.692. The van der Waals surface area contributed by atoms with Crippen LogP contribution < -0.4 is 10.4 Å². The van der Waals surface area contributed by atoms with Crippen molar-refractivity contribution in [3.05, 3.63) is 60.7 Å². The van der Waals surface area contributed by atoms with Gasteiger partial charge in [-0.25, -0.2) is 0 Å². The molecule has 238 valence electrons. The van der Waals surface area contributed by atoms with Crippen molar-refractivity contribution in [1.82, 2.24) is 0 Å². The second-order valence-corrected chi connectivity index (χ2v) is 19.9. The Balaban J connectivity index is 1.91. The third-order valence-corrected chi connectivity index (χ3v) is 14.5. The van der Waals surface area contributed by atoms with Crippen molar-refractivity contribution >= 4 is 18.7 Å². The highest BCUT2D eigenvalue weighted by Gasteiger charge is 2.50. The molecule has 0 saturated carbocycles. The van der Waals surface area contributed by atoms with Crippen LogP contribution in [0.25, 0.3) is 0 Å². The summed E-state index contributed by atoms with van der Waals surface area (Å²) in [6.07, 6.45) is 8.68. The summed E-state index contributed by atoms with van der Waals surface area (Å²) >= 11 is 0. The molecule has 2 aromatic rings. The minimum absolute atomic E-state index is 0.0261. The van der Waals surface area contributed by atoms with Crippen LogP contribution in [0.4, 0.5) is 0 Å². The number of aliphatic hydroxyl groups is 1. The molecule has 2 aromatic carbocycles. The van der Waals surface area contributed by atoms with Gasteiger partial charge in [-0.1, -0.05) is 130 Å². The Bertz CT molecular complexity index is 929. The molecule has 3 heteroatoms. The van der Waals surface area contributed by atoms with E-state index < -0.39 is 8.32 Å². The van der Waals surface area contributed by atoms with Crippen molar-refractivity contribution in [2.75, 3.05) is 13.2 Å². The second-order valence-electron chi connectivity index (χ2n) is 15.6. The van der Waals surface area contributed by atoms with Crippen LogP contribution in [0.5, 0.6) is 0 Å². The lowest BCUT2D eigenvalue weighted by Crippen LogP contribution is -2.66. The number of hydrogen-bond donors (Lipinski definition) is 1. The largest absolute Gasteiger partial charge is 0.407 e. The van der Waals surface area contributed by atoms with Gasteiger partial charge in [-0.3, -0.25) is 0 Å². The summed E-state index contributed by atoms with van der Waals surface area (Å²) in [5, 5.41) is 12.0. The van der Waals surface area contributed by atoms with Crippen LogP contribution in [0.1, 0.15) is 114 Å². The lowest BCUT2D eigenvalue weighted by molar-refractivity contribution is 0.209. The first kappa shape index (κ1) is 36.8. The van der Waals surface area contributed by atoms with Gasteiger partial charge in [0.25, 0.3) is 8.32 Å². The SMILES string of the molecule is C[C@@H](C[C@@H](C)C[C@@H](C)C[C@@H](C)CCO)C[C@H](C)C[C@H](C)C[C@H](C)CO[Si](c1ccccc1)(c1ccccc1)C(C)(C)C. The fourth-order valence-corrected chi connectivity index (χ4v) is 12.7. The molecule has 0 aliphatic carbocycles. The van der Waals surface area contributed by atoms with Crippen molar-refractivity contribution in [2.24, 2.45) is 41.4 Å². The Morgan fingerprint density at radius 3 is 1.21 bits per heavy atom. The monoisotopic (exact) mass is 594 g/mol. The first-order valence-electron chi connectivity index (χ1n) is 17.1. The number of aliphatic hydroxyl groups excluding tert-OH is 1. The number of benzene rings is 2. The van der Waals surface area contributed by atoms with Gasteiger partial charge in [-0.15, -0.1) is 0 Å². The molecule has 2 rings (SSSR count). The van der Waals surface area contributed by atoms with Crippen molar-refractivity contribution < 1.29 is 9.53 Å². The molecule has 1 N–H and O–H groups in total. The normalized spacial score (nSPS) is 17.7. The summed E-state index contributed by atoms with van der Waals surface area (Å²) in [5.41, 5.74) is 0. The van der Waals surface area contributed by atoms with E-state index in [1.165, 1.54) is 48.9 Å². The molecule has 42 heavy (non-hydrogen) atoms. The maximum atomic E-state index is 9.21. The van der Waals surface area contributed by atoms with Gasteiger partial charge < -0.3 is 9.53 Å². The average Bonchev–Trinajstić information content (AvgIpc) is 2.89. The van der Waals surface area contributed by atoms with E-state index in [2.05, 4.69) is 130 Å². The molecule has 2 nitrogen and oxygen atoms in total. The van der Waals surface area contributed by atoms with E-state index in [1.807, 2.05) is 0 Å². The summed E-state index contributed by atoms with van der Waals surface area (Å²) < 4.78 is 7.24. The smallest absolute Gasteiger partial charge is 0.261 e. The third kappa shape index (κ3) is 11.6. The zero-order valence-corrected chi connectivity index (χ0v) is 30.0. The van der Waals surface area contributed by atoms with Crippen LogP contribution in [0.3, 0.4) is 0 Å². The average molecular weight is 595 g/mol. The van der Waals surface area contributed by atoms with Crippen LogP contribution in [0.15, 0.2) is 60.7 Å². The molecule has 0 radical (unpaired) electrons. The predicted octanol–water partition coefficient (Wildman–Crippen LogP) is 9.74. The molecule has 0 spiro atoms. The second kappa shape index (κ2) is 17.8. The molecular formula is C39H66O2Si. The highest BCUT2D eigenvalue weighted by atomic mass is 28.4. The molecule has 0 aliphatic heterocycles. The van der Waals surface area contributed by atoms with Crippen LogP contribution in [0, 0.1) is 41.4 Å². The van der Waals surface area contributed by atoms with Crippen LogP contribution in [-0.4, -0.2) is 26.6 Å². The van der Waals surface area contributed by atoms with Crippen molar-refractivity contribution in [2.45, 2.75) is 119 Å². The van der Waals surface area contributed by atoms with Crippen molar-refractivity contribution in [3.8, 4) is 0 Å². The highest BCUT2D eigenvalue weighted by Crippen LogP contribution is 2.37. The third-order valence-electron chi connectivity index (χ3n) is 9.45. The quantitative estimate of drug-likeness (QED) is 0.164. The van der Waals surface area contributed by atoms with E-state index in [-0.39, 0.29) is 5.04 Å². The minimum atomic E-state index is -2.47. The molecule has 0 fully saturated rings. The standard InChI is InChI=1S/C39H66O2Si/c1-30(21-22-40)23-31(2)24-32(3)25-33(4)26-34(5)27-35(6)28-36(7)29-41-42(39(8,9)10,37-17-13-11-14-18-37)38-19-15-12-16-20-38/h11-20,30-36,40H,21-29H2,1-10H3/t30-,31-,32-,33-,34-,35-,36-/m0/s1. The van der Waals surface area contributed by atoms with E-state index in [1.54, 1.807) is 0 Å². The molecule has 7 atom stereocenters. The zero-order valence-electron chi connectivity index (χ0n) is 29.0. The van der Waals surface area contributed by atoms with Gasteiger partial charge in [-0.2, -0.15) is 0 Å². The van der Waals surface area contributed by atoms with Gasteiger partial charge in [0.15, 0.2) is 0 Å². The molecule has 0 aliphatic rings. The maximum Gasteiger partial charge on any atom is 0.261 e. The molecule has 0 amide bonds. The molecule has 0 heterocycles. The number of hydrogen-bond acceptors (Lipinski definition) is 2. The van der Waals surface area contributed by atoms with Crippen LogP contribution >= 0.6 is 0 Å². The lowest BCUT2D eigenvalue weighted by atomic mass is 9.81. The molecular weight excluding hydrogens is 529 g/mol. The van der Waals surface area contributed by atoms with Crippen LogP contribution in [0.2, 0.25) is 5.04 Å². The lowest BCUT2D eigenvalue weighted by Gasteiger charge is -2.43. The Morgan fingerprint density at radius 2 is 0.881 bits per heavy atom. The molecule has 0 bridgehead atoms. The summed E-state index contributed by atoms with van der Waals surface area (Å²) in [4.78, 5) is 0. The van der Waals surface area contributed by atoms with Crippen molar-refractivity contribution in [3.63, 3.8) is 0 Å². The number of rotatable bonds is 19. The Morgan fingerprint density at radius 1 is 0.548 bits per heavy atom.